The Balaban J connectivity index is 3.76. The zero-order chi connectivity index (χ0) is 9.40. The zero-order valence-corrected chi connectivity index (χ0v) is 7.68. The van der Waals surface area contributed by atoms with E-state index in [4.69, 9.17) is 5.73 Å². The third-order valence-corrected chi connectivity index (χ3v) is 1.80. The Labute approximate surface area is 74.0 Å². The van der Waals surface area contributed by atoms with Gasteiger partial charge in [0.05, 0.1) is 0 Å². The molecule has 0 aromatic rings. The van der Waals surface area contributed by atoms with Crippen LogP contribution in [0.4, 0.5) is 0 Å². The molecule has 0 aromatic carbocycles. The highest BCUT2D eigenvalue weighted by atomic mass is 16.1. The number of amides is 1. The maximum Gasteiger partial charge on any atom is 0.223 e. The number of hydrogen-bond acceptors (Lipinski definition) is 2. The standard InChI is InChI=1S/C9H18N2O/c1-3-7-11-9(12)8(4-2)5-6-10/h3,8H,1,4-7,10H2,2H3,(H,11,12). The van der Waals surface area contributed by atoms with Crippen molar-refractivity contribution >= 4 is 5.91 Å². The lowest BCUT2D eigenvalue weighted by atomic mass is 10.0. The Kier molecular flexibility index (Phi) is 6.38. The van der Waals surface area contributed by atoms with E-state index >= 15 is 0 Å². The molecule has 0 spiro atoms. The molecule has 12 heavy (non-hydrogen) atoms. The molecule has 3 nitrogen and oxygen atoms in total. The van der Waals surface area contributed by atoms with Gasteiger partial charge in [0, 0.05) is 12.5 Å². The van der Waals surface area contributed by atoms with Crippen molar-refractivity contribution in [3.05, 3.63) is 12.7 Å². The van der Waals surface area contributed by atoms with Crippen molar-refractivity contribution in [1.82, 2.24) is 5.32 Å². The molecule has 1 unspecified atom stereocenters. The monoisotopic (exact) mass is 170 g/mol. The lowest BCUT2D eigenvalue weighted by Gasteiger charge is -2.12. The first kappa shape index (κ1) is 11.2. The molecule has 0 radical (unpaired) electrons. The largest absolute Gasteiger partial charge is 0.352 e. The van der Waals surface area contributed by atoms with Gasteiger partial charge in [-0.15, -0.1) is 6.58 Å². The minimum absolute atomic E-state index is 0.0648. The van der Waals surface area contributed by atoms with E-state index in [-0.39, 0.29) is 11.8 Å². The fourth-order valence-electron chi connectivity index (χ4n) is 1.04. The van der Waals surface area contributed by atoms with Gasteiger partial charge in [0.15, 0.2) is 0 Å². The Morgan fingerprint density at radius 2 is 2.42 bits per heavy atom. The predicted molar refractivity (Wildman–Crippen MR) is 50.7 cm³/mol. The molecule has 3 N–H and O–H groups in total. The molecule has 3 heteroatoms. The Bertz CT molecular complexity index is 145. The van der Waals surface area contributed by atoms with Crippen LogP contribution in [0.3, 0.4) is 0 Å². The zero-order valence-electron chi connectivity index (χ0n) is 7.68. The van der Waals surface area contributed by atoms with E-state index in [0.717, 1.165) is 12.8 Å². The molecule has 0 aliphatic carbocycles. The number of nitrogens with one attached hydrogen (secondary N) is 1. The summed E-state index contributed by atoms with van der Waals surface area (Å²) in [5.41, 5.74) is 5.37. The van der Waals surface area contributed by atoms with Crippen LogP contribution in [0.2, 0.25) is 0 Å². The summed E-state index contributed by atoms with van der Waals surface area (Å²) in [5.74, 6) is 0.151. The van der Waals surface area contributed by atoms with Crippen molar-refractivity contribution in [1.29, 1.82) is 0 Å². The van der Waals surface area contributed by atoms with Crippen molar-refractivity contribution in [2.75, 3.05) is 13.1 Å². The maximum absolute atomic E-state index is 11.3. The van der Waals surface area contributed by atoms with Crippen molar-refractivity contribution in [2.24, 2.45) is 11.7 Å². The summed E-state index contributed by atoms with van der Waals surface area (Å²) >= 11 is 0. The van der Waals surface area contributed by atoms with E-state index in [2.05, 4.69) is 11.9 Å². The molecule has 0 aromatic heterocycles. The first-order valence-corrected chi connectivity index (χ1v) is 4.34. The fraction of sp³-hybridized carbons (Fsp3) is 0.667. The summed E-state index contributed by atoms with van der Waals surface area (Å²) in [5, 5.41) is 2.76. The van der Waals surface area contributed by atoms with Gasteiger partial charge in [-0.25, -0.2) is 0 Å². The first-order chi connectivity index (χ1) is 5.76. The molecule has 0 saturated heterocycles. The number of nitrogens with two attached hydrogens (primary N) is 1. The van der Waals surface area contributed by atoms with E-state index in [9.17, 15) is 4.79 Å². The Morgan fingerprint density at radius 3 is 2.83 bits per heavy atom. The van der Waals surface area contributed by atoms with E-state index in [1.165, 1.54) is 0 Å². The molecular formula is C9H18N2O. The molecular weight excluding hydrogens is 152 g/mol. The van der Waals surface area contributed by atoms with Crippen LogP contribution in [0.25, 0.3) is 0 Å². The van der Waals surface area contributed by atoms with Crippen molar-refractivity contribution in [3.63, 3.8) is 0 Å². The van der Waals surface area contributed by atoms with Gasteiger partial charge in [-0.3, -0.25) is 4.79 Å². The first-order valence-electron chi connectivity index (χ1n) is 4.34. The molecule has 1 atom stereocenters. The second kappa shape index (κ2) is 6.85. The summed E-state index contributed by atoms with van der Waals surface area (Å²) in [6.07, 6.45) is 3.28. The van der Waals surface area contributed by atoms with Crippen LogP contribution in [0.5, 0.6) is 0 Å². The van der Waals surface area contributed by atoms with Crippen LogP contribution in [-0.2, 0) is 4.79 Å². The molecule has 0 rings (SSSR count). The van der Waals surface area contributed by atoms with Crippen LogP contribution in [0.15, 0.2) is 12.7 Å². The lowest BCUT2D eigenvalue weighted by Crippen LogP contribution is -2.31. The van der Waals surface area contributed by atoms with E-state index in [1.54, 1.807) is 6.08 Å². The summed E-state index contributed by atoms with van der Waals surface area (Å²) in [6, 6.07) is 0. The minimum atomic E-state index is 0.0648. The molecule has 70 valence electrons. The summed E-state index contributed by atoms with van der Waals surface area (Å²) in [4.78, 5) is 11.3. The van der Waals surface area contributed by atoms with Gasteiger partial charge < -0.3 is 11.1 Å². The Hall–Kier alpha value is -0.830. The molecule has 0 aliphatic rings. The van der Waals surface area contributed by atoms with Crippen LogP contribution < -0.4 is 11.1 Å². The highest BCUT2D eigenvalue weighted by Gasteiger charge is 2.13. The molecule has 0 bridgehead atoms. The summed E-state index contributed by atoms with van der Waals surface area (Å²) in [6.45, 7) is 6.63. The second-order valence-corrected chi connectivity index (χ2v) is 2.72. The minimum Gasteiger partial charge on any atom is -0.352 e. The van der Waals surface area contributed by atoms with Crippen LogP contribution in [0, 0.1) is 5.92 Å². The van der Waals surface area contributed by atoms with Gasteiger partial charge in [0.25, 0.3) is 0 Å². The van der Waals surface area contributed by atoms with Gasteiger partial charge in [-0.2, -0.15) is 0 Å². The predicted octanol–water partition coefficient (Wildman–Crippen LogP) is 0.664. The average Bonchev–Trinajstić information content (AvgIpc) is 2.10. The normalized spacial score (nSPS) is 12.2. The van der Waals surface area contributed by atoms with Crippen molar-refractivity contribution < 1.29 is 4.79 Å². The molecule has 0 aliphatic heterocycles. The van der Waals surface area contributed by atoms with E-state index in [0.29, 0.717) is 13.1 Å². The SMILES string of the molecule is C=CCNC(=O)C(CC)CCN. The van der Waals surface area contributed by atoms with Crippen molar-refractivity contribution in [2.45, 2.75) is 19.8 Å². The van der Waals surface area contributed by atoms with Gasteiger partial charge in [0.2, 0.25) is 5.91 Å². The third-order valence-electron chi connectivity index (χ3n) is 1.80. The van der Waals surface area contributed by atoms with Gasteiger partial charge in [-0.1, -0.05) is 13.0 Å². The average molecular weight is 170 g/mol. The third kappa shape index (κ3) is 4.13. The molecule has 0 heterocycles. The molecule has 0 fully saturated rings. The number of hydrogen-bond donors (Lipinski definition) is 2. The van der Waals surface area contributed by atoms with Gasteiger partial charge in [-0.05, 0) is 19.4 Å². The van der Waals surface area contributed by atoms with E-state index in [1.807, 2.05) is 6.92 Å². The van der Waals surface area contributed by atoms with Gasteiger partial charge >= 0.3 is 0 Å². The Morgan fingerprint density at radius 1 is 1.75 bits per heavy atom. The lowest BCUT2D eigenvalue weighted by molar-refractivity contribution is -0.125. The van der Waals surface area contributed by atoms with E-state index < -0.39 is 0 Å². The summed E-state index contributed by atoms with van der Waals surface area (Å²) in [7, 11) is 0. The smallest absolute Gasteiger partial charge is 0.223 e. The number of carbonyl (C=O) groups excluding carboxylic acids is 1. The topological polar surface area (TPSA) is 55.1 Å². The van der Waals surface area contributed by atoms with Gasteiger partial charge in [0.1, 0.15) is 0 Å². The molecule has 1 amide bonds. The van der Waals surface area contributed by atoms with Crippen LogP contribution in [0.1, 0.15) is 19.8 Å². The summed E-state index contributed by atoms with van der Waals surface area (Å²) < 4.78 is 0. The fourth-order valence-corrected chi connectivity index (χ4v) is 1.04. The quantitative estimate of drug-likeness (QED) is 0.575. The second-order valence-electron chi connectivity index (χ2n) is 2.72. The number of carbonyl (C=O) groups is 1. The highest BCUT2D eigenvalue weighted by molar-refractivity contribution is 5.78. The van der Waals surface area contributed by atoms with Crippen molar-refractivity contribution in [3.8, 4) is 0 Å². The highest BCUT2D eigenvalue weighted by Crippen LogP contribution is 2.06. The van der Waals surface area contributed by atoms with Crippen LogP contribution >= 0.6 is 0 Å². The number of rotatable bonds is 6. The molecule has 0 saturated carbocycles. The maximum atomic E-state index is 11.3. The van der Waals surface area contributed by atoms with Crippen LogP contribution in [-0.4, -0.2) is 19.0 Å².